The lowest BCUT2D eigenvalue weighted by atomic mass is 9.66. The van der Waals surface area contributed by atoms with Crippen LogP contribution in [0.2, 0.25) is 0 Å². The van der Waals surface area contributed by atoms with E-state index in [-0.39, 0.29) is 5.91 Å². The lowest BCUT2D eigenvalue weighted by Gasteiger charge is -2.59. The van der Waals surface area contributed by atoms with Crippen molar-refractivity contribution in [3.8, 4) is 0 Å². The Hall–Kier alpha value is -3.09. The third kappa shape index (κ3) is 3.49. The Labute approximate surface area is 176 Å². The number of methoxy groups -OCH3 is 1. The summed E-state index contributed by atoms with van der Waals surface area (Å²) in [5.74, 6) is -0.726. The van der Waals surface area contributed by atoms with Gasteiger partial charge in [-0.3, -0.25) is 9.69 Å². The fourth-order valence-corrected chi connectivity index (χ4v) is 3.87. The number of rotatable bonds is 3. The maximum atomic E-state index is 13.5. The van der Waals surface area contributed by atoms with E-state index in [0.29, 0.717) is 0 Å². The molecule has 0 bridgehead atoms. The highest BCUT2D eigenvalue weighted by Crippen LogP contribution is 2.50. The Balaban J connectivity index is 2.01. The predicted octanol–water partition coefficient (Wildman–Crippen LogP) is 3.57. The molecule has 30 heavy (non-hydrogen) atoms. The second-order valence-electron chi connectivity index (χ2n) is 8.98. The third-order valence-electron chi connectivity index (χ3n) is 5.42. The van der Waals surface area contributed by atoms with Gasteiger partial charge in [-0.1, -0.05) is 30.3 Å². The Morgan fingerprint density at radius 3 is 2.07 bits per heavy atom. The summed E-state index contributed by atoms with van der Waals surface area (Å²) >= 11 is 0. The minimum absolute atomic E-state index is 0.232. The number of benzene rings is 1. The van der Waals surface area contributed by atoms with Crippen LogP contribution >= 0.6 is 0 Å². The molecule has 1 aromatic carbocycles. The van der Waals surface area contributed by atoms with E-state index in [0.717, 1.165) is 5.56 Å². The van der Waals surface area contributed by atoms with Gasteiger partial charge in [0.25, 0.3) is 0 Å². The summed E-state index contributed by atoms with van der Waals surface area (Å²) < 4.78 is 10.4. The van der Waals surface area contributed by atoms with Crippen LogP contribution in [-0.2, 0) is 24.6 Å². The van der Waals surface area contributed by atoms with Gasteiger partial charge in [-0.25, -0.2) is 9.59 Å². The normalized spacial score (nSPS) is 20.2. The van der Waals surface area contributed by atoms with E-state index in [9.17, 15) is 14.4 Å². The van der Waals surface area contributed by atoms with Crippen LogP contribution in [0.25, 0.3) is 0 Å². The summed E-state index contributed by atoms with van der Waals surface area (Å²) in [5, 5.41) is 0. The molecule has 1 unspecified atom stereocenters. The van der Waals surface area contributed by atoms with Crippen molar-refractivity contribution < 1.29 is 23.9 Å². The van der Waals surface area contributed by atoms with Gasteiger partial charge >= 0.3 is 12.1 Å². The van der Waals surface area contributed by atoms with Gasteiger partial charge < -0.3 is 14.4 Å². The largest absolute Gasteiger partial charge is 0.458 e. The quantitative estimate of drug-likeness (QED) is 0.560. The van der Waals surface area contributed by atoms with E-state index in [2.05, 4.69) is 0 Å². The number of hydrogen-bond donors (Lipinski definition) is 0. The van der Waals surface area contributed by atoms with Crippen LogP contribution in [0.15, 0.2) is 54.9 Å². The molecule has 0 radical (unpaired) electrons. The van der Waals surface area contributed by atoms with Gasteiger partial charge in [-0.05, 0) is 52.3 Å². The first kappa shape index (κ1) is 21.6. The number of β-lactam (4-membered cyclic amide) rings is 1. The van der Waals surface area contributed by atoms with E-state index < -0.39 is 34.7 Å². The van der Waals surface area contributed by atoms with Crippen LogP contribution in [0.4, 0.5) is 4.79 Å². The highest BCUT2D eigenvalue weighted by Gasteiger charge is 2.66. The van der Waals surface area contributed by atoms with Crippen molar-refractivity contribution in [2.24, 2.45) is 5.41 Å². The minimum atomic E-state index is -1.21. The molecule has 0 N–H and O–H groups in total. The number of amides is 2. The molecule has 2 heterocycles. The highest BCUT2D eigenvalue weighted by molar-refractivity contribution is 6.04. The van der Waals surface area contributed by atoms with Gasteiger partial charge in [-0.2, -0.15) is 0 Å². The molecular formula is C23H28N2O5. The van der Waals surface area contributed by atoms with Crippen LogP contribution in [0, 0.1) is 5.41 Å². The van der Waals surface area contributed by atoms with Gasteiger partial charge in [0.2, 0.25) is 5.91 Å². The molecule has 0 aromatic heterocycles. The predicted molar refractivity (Wildman–Crippen MR) is 111 cm³/mol. The number of nitrogens with zero attached hydrogens (tertiary/aromatic N) is 2. The standard InChI is InChI=1S/C23H28N2O5/c1-21(2,3)30-18(26)17-23(12-14-24(15-13-23)20(28)29-6)19(27)25(17)22(4,5)16-10-8-7-9-11-16/h7-15,17H,1-6H3. The van der Waals surface area contributed by atoms with Gasteiger partial charge in [-0.15, -0.1) is 0 Å². The molecule has 2 amide bonds. The number of hydrogen-bond acceptors (Lipinski definition) is 5. The average Bonchev–Trinajstić information content (AvgIpc) is 2.70. The number of ether oxygens (including phenoxy) is 2. The lowest BCUT2D eigenvalue weighted by molar-refractivity contribution is -0.194. The minimum Gasteiger partial charge on any atom is -0.458 e. The van der Waals surface area contributed by atoms with Crippen LogP contribution in [0.5, 0.6) is 0 Å². The van der Waals surface area contributed by atoms with E-state index >= 15 is 0 Å². The first-order valence-electron chi connectivity index (χ1n) is 9.81. The maximum absolute atomic E-state index is 13.5. The monoisotopic (exact) mass is 412 g/mol. The molecule has 3 rings (SSSR count). The zero-order valence-electron chi connectivity index (χ0n) is 18.2. The summed E-state index contributed by atoms with van der Waals surface area (Å²) in [5.41, 5.74) is -1.76. The molecule has 7 heteroatoms. The Kier molecular flexibility index (Phi) is 5.26. The third-order valence-corrected chi connectivity index (χ3v) is 5.42. The van der Waals surface area contributed by atoms with Gasteiger partial charge in [0.15, 0.2) is 6.04 Å². The number of carbonyl (C=O) groups is 3. The first-order valence-corrected chi connectivity index (χ1v) is 9.81. The molecule has 1 spiro atoms. The molecule has 0 saturated carbocycles. The molecule has 160 valence electrons. The topological polar surface area (TPSA) is 76.2 Å². The lowest BCUT2D eigenvalue weighted by Crippen LogP contribution is -2.75. The summed E-state index contributed by atoms with van der Waals surface area (Å²) in [6, 6.07) is 8.68. The van der Waals surface area contributed by atoms with Crippen LogP contribution in [0.1, 0.15) is 40.2 Å². The molecule has 1 atom stereocenters. The zero-order chi connectivity index (χ0) is 22.3. The van der Waals surface area contributed by atoms with Gasteiger partial charge in [0.05, 0.1) is 12.6 Å². The number of carbonyl (C=O) groups excluding carboxylic acids is 3. The van der Waals surface area contributed by atoms with E-state index in [1.54, 1.807) is 37.8 Å². The van der Waals surface area contributed by atoms with Crippen LogP contribution in [-0.4, -0.2) is 46.5 Å². The smallest absolute Gasteiger partial charge is 0.417 e. The first-order chi connectivity index (χ1) is 13.9. The van der Waals surface area contributed by atoms with E-state index in [4.69, 9.17) is 9.47 Å². The molecule has 1 fully saturated rings. The average molecular weight is 412 g/mol. The van der Waals surface area contributed by atoms with Crippen molar-refractivity contribution in [3.05, 3.63) is 60.4 Å². The SMILES string of the molecule is COC(=O)N1C=CC2(C=C1)C(=O)N(C(C)(C)c1ccccc1)C2C(=O)OC(C)(C)C. The van der Waals surface area contributed by atoms with Crippen molar-refractivity contribution in [2.75, 3.05) is 7.11 Å². The van der Waals surface area contributed by atoms with Gasteiger partial charge in [0.1, 0.15) is 11.0 Å². The summed E-state index contributed by atoms with van der Waals surface area (Å²) in [6.07, 6.45) is 5.46. The summed E-state index contributed by atoms with van der Waals surface area (Å²) in [6.45, 7) is 9.17. The maximum Gasteiger partial charge on any atom is 0.417 e. The molecular weight excluding hydrogens is 384 g/mol. The fraction of sp³-hybridized carbons (Fsp3) is 0.435. The second-order valence-corrected chi connectivity index (χ2v) is 8.98. The van der Waals surface area contributed by atoms with Crippen molar-refractivity contribution in [2.45, 2.75) is 51.8 Å². The van der Waals surface area contributed by atoms with Crippen LogP contribution in [0.3, 0.4) is 0 Å². The molecule has 7 nitrogen and oxygen atoms in total. The summed E-state index contributed by atoms with van der Waals surface area (Å²) in [4.78, 5) is 41.3. The van der Waals surface area contributed by atoms with Gasteiger partial charge in [0, 0.05) is 12.4 Å². The molecule has 0 aliphatic carbocycles. The van der Waals surface area contributed by atoms with Crippen molar-refractivity contribution in [3.63, 3.8) is 0 Å². The zero-order valence-corrected chi connectivity index (χ0v) is 18.2. The van der Waals surface area contributed by atoms with Crippen molar-refractivity contribution >= 4 is 18.0 Å². The molecule has 2 aliphatic rings. The van der Waals surface area contributed by atoms with Crippen molar-refractivity contribution in [1.82, 2.24) is 9.80 Å². The molecule has 2 aliphatic heterocycles. The summed E-state index contributed by atoms with van der Waals surface area (Å²) in [7, 11) is 1.27. The number of likely N-dealkylation sites (tertiary alicyclic amines) is 1. The van der Waals surface area contributed by atoms with Crippen molar-refractivity contribution in [1.29, 1.82) is 0 Å². The van der Waals surface area contributed by atoms with Crippen LogP contribution < -0.4 is 0 Å². The molecule has 1 aromatic rings. The fourth-order valence-electron chi connectivity index (χ4n) is 3.87. The molecule has 1 saturated heterocycles. The Bertz CT molecular complexity index is 897. The Morgan fingerprint density at radius 2 is 1.57 bits per heavy atom. The van der Waals surface area contributed by atoms with E-state index in [1.807, 2.05) is 44.2 Å². The highest BCUT2D eigenvalue weighted by atomic mass is 16.6. The van der Waals surface area contributed by atoms with E-state index in [1.165, 1.54) is 24.4 Å². The second kappa shape index (κ2) is 7.31. The number of esters is 1. The Morgan fingerprint density at radius 1 is 1.00 bits per heavy atom.